The zero-order chi connectivity index (χ0) is 20.8. The van der Waals surface area contributed by atoms with Gasteiger partial charge in [-0.2, -0.15) is 5.10 Å². The van der Waals surface area contributed by atoms with Crippen LogP contribution in [-0.2, 0) is 26.2 Å². The number of nitrogens with one attached hydrogen (secondary N) is 3. The Morgan fingerprint density at radius 3 is 2.39 bits per heavy atom. The molecule has 0 aliphatic rings. The van der Waals surface area contributed by atoms with Crippen LogP contribution in [0.25, 0.3) is 0 Å². The van der Waals surface area contributed by atoms with Gasteiger partial charge in [-0.25, -0.2) is 18.6 Å². The van der Waals surface area contributed by atoms with E-state index in [4.69, 9.17) is 4.42 Å². The molecule has 2 rings (SSSR count). The van der Waals surface area contributed by atoms with E-state index in [1.807, 2.05) is 0 Å². The van der Waals surface area contributed by atoms with Crippen molar-refractivity contribution in [2.45, 2.75) is 37.8 Å². The van der Waals surface area contributed by atoms with Crippen LogP contribution in [0.3, 0.4) is 0 Å². The fourth-order valence-electron chi connectivity index (χ4n) is 2.01. The fraction of sp³-hybridized carbons (Fsp3) is 0.278. The highest BCUT2D eigenvalue weighted by molar-refractivity contribution is 7.89. The molecule has 1 heterocycles. The van der Waals surface area contributed by atoms with Crippen LogP contribution in [0.2, 0.25) is 0 Å². The second-order valence-corrected chi connectivity index (χ2v) is 8.61. The molecular formula is C18H22N4O5S. The van der Waals surface area contributed by atoms with Gasteiger partial charge in [-0.3, -0.25) is 9.59 Å². The van der Waals surface area contributed by atoms with Crippen molar-refractivity contribution in [1.82, 2.24) is 15.5 Å². The van der Waals surface area contributed by atoms with E-state index >= 15 is 0 Å². The molecule has 3 N–H and O–H groups in total. The molecule has 0 spiro atoms. The Kier molecular flexibility index (Phi) is 6.71. The van der Waals surface area contributed by atoms with Gasteiger partial charge in [0.1, 0.15) is 11.5 Å². The normalized spacial score (nSPS) is 12.1. The summed E-state index contributed by atoms with van der Waals surface area (Å²) in [4.78, 5) is 23.4. The summed E-state index contributed by atoms with van der Waals surface area (Å²) in [5.41, 5.74) is 1.55. The number of carbonyl (C=O) groups excluding carboxylic acids is 2. The minimum atomic E-state index is -3.65. The van der Waals surface area contributed by atoms with Crippen molar-refractivity contribution in [3.63, 3.8) is 0 Å². The van der Waals surface area contributed by atoms with Gasteiger partial charge >= 0.3 is 11.8 Å². The van der Waals surface area contributed by atoms with Crippen LogP contribution in [0, 0.1) is 0 Å². The first-order valence-corrected chi connectivity index (χ1v) is 9.84. The smallest absolute Gasteiger partial charge is 0.329 e. The van der Waals surface area contributed by atoms with Crippen molar-refractivity contribution in [3.05, 3.63) is 54.0 Å². The van der Waals surface area contributed by atoms with E-state index in [0.29, 0.717) is 5.76 Å². The van der Waals surface area contributed by atoms with Gasteiger partial charge in [-0.15, -0.1) is 0 Å². The maximum absolute atomic E-state index is 12.2. The molecule has 28 heavy (non-hydrogen) atoms. The second-order valence-electron chi connectivity index (χ2n) is 6.84. The minimum absolute atomic E-state index is 0.0502. The van der Waals surface area contributed by atoms with Gasteiger partial charge in [-0.1, -0.05) is 18.2 Å². The molecule has 10 heteroatoms. The average molecular weight is 406 g/mol. The molecule has 0 saturated heterocycles. The van der Waals surface area contributed by atoms with Gasteiger partial charge < -0.3 is 9.73 Å². The predicted molar refractivity (Wildman–Crippen MR) is 103 cm³/mol. The Bertz CT molecular complexity index is 959. The molecule has 0 atom stereocenters. The maximum atomic E-state index is 12.2. The largest absolute Gasteiger partial charge is 0.459 e. The molecule has 0 aliphatic carbocycles. The Hall–Kier alpha value is -2.98. The van der Waals surface area contributed by atoms with Gasteiger partial charge in [0.15, 0.2) is 0 Å². The number of carbonyl (C=O) groups is 2. The summed E-state index contributed by atoms with van der Waals surface area (Å²) in [7, 11) is -3.65. The van der Waals surface area contributed by atoms with E-state index in [2.05, 4.69) is 20.6 Å². The van der Waals surface area contributed by atoms with Crippen LogP contribution in [0.15, 0.2) is 56.9 Å². The Morgan fingerprint density at radius 2 is 1.75 bits per heavy atom. The Labute approximate surface area is 163 Å². The van der Waals surface area contributed by atoms with Crippen molar-refractivity contribution in [3.8, 4) is 0 Å². The van der Waals surface area contributed by atoms with Gasteiger partial charge in [0.2, 0.25) is 10.0 Å². The van der Waals surface area contributed by atoms with Crippen LogP contribution in [0.1, 0.15) is 32.3 Å². The first kappa shape index (κ1) is 21.3. The summed E-state index contributed by atoms with van der Waals surface area (Å²) in [6.45, 7) is 5.19. The number of furan rings is 1. The van der Waals surface area contributed by atoms with Crippen LogP contribution in [-0.4, -0.2) is 32.0 Å². The Morgan fingerprint density at radius 1 is 1.07 bits per heavy atom. The van der Waals surface area contributed by atoms with Crippen LogP contribution < -0.4 is 15.5 Å². The first-order chi connectivity index (χ1) is 13.1. The van der Waals surface area contributed by atoms with Crippen molar-refractivity contribution < 1.29 is 22.4 Å². The molecule has 1 aromatic heterocycles. The predicted octanol–water partition coefficient (Wildman–Crippen LogP) is 1.12. The molecular weight excluding hydrogens is 384 g/mol. The topological polar surface area (TPSA) is 130 Å². The lowest BCUT2D eigenvalue weighted by Gasteiger charge is -2.19. The summed E-state index contributed by atoms with van der Waals surface area (Å²) < 4.78 is 32.2. The molecule has 0 bridgehead atoms. The highest BCUT2D eigenvalue weighted by Gasteiger charge is 2.19. The molecule has 0 aliphatic heterocycles. The summed E-state index contributed by atoms with van der Waals surface area (Å²) in [5, 5.41) is 6.15. The van der Waals surface area contributed by atoms with E-state index in [1.54, 1.807) is 51.1 Å². The van der Waals surface area contributed by atoms with Crippen molar-refractivity contribution >= 4 is 28.1 Å². The minimum Gasteiger partial charge on any atom is -0.459 e. The molecule has 0 saturated carbocycles. The van der Waals surface area contributed by atoms with Crippen LogP contribution in [0.4, 0.5) is 0 Å². The zero-order valence-electron chi connectivity index (χ0n) is 15.7. The van der Waals surface area contributed by atoms with Crippen LogP contribution >= 0.6 is 0 Å². The number of hydrazone groups is 1. The number of hydrogen-bond acceptors (Lipinski definition) is 6. The van der Waals surface area contributed by atoms with Gasteiger partial charge in [0, 0.05) is 5.54 Å². The zero-order valence-corrected chi connectivity index (χ0v) is 16.5. The standard InChI is InChI=1S/C18H22N4O5S/c1-18(2,3)21-16(23)17(24)22-19-11-13-9-10-14(27-13)12-20-28(25,26)15-7-5-4-6-8-15/h4-11,20H,12H2,1-3H3,(H,21,23)(H,22,24)/b19-11-. The van der Waals surface area contributed by atoms with Crippen LogP contribution in [0.5, 0.6) is 0 Å². The van der Waals surface area contributed by atoms with Crippen molar-refractivity contribution in [1.29, 1.82) is 0 Å². The highest BCUT2D eigenvalue weighted by atomic mass is 32.2. The van der Waals surface area contributed by atoms with Gasteiger partial charge in [0.25, 0.3) is 0 Å². The van der Waals surface area contributed by atoms with E-state index in [9.17, 15) is 18.0 Å². The lowest BCUT2D eigenvalue weighted by atomic mass is 10.1. The van der Waals surface area contributed by atoms with E-state index in [1.165, 1.54) is 18.3 Å². The molecule has 2 aromatic rings. The lowest BCUT2D eigenvalue weighted by Crippen LogP contribution is -2.47. The quantitative estimate of drug-likeness (QED) is 0.376. The second kappa shape index (κ2) is 8.81. The van der Waals surface area contributed by atoms with E-state index in [-0.39, 0.29) is 17.2 Å². The van der Waals surface area contributed by atoms with Gasteiger partial charge in [0.05, 0.1) is 17.7 Å². The number of rotatable bonds is 6. The molecule has 9 nitrogen and oxygen atoms in total. The van der Waals surface area contributed by atoms with Crippen molar-refractivity contribution in [2.75, 3.05) is 0 Å². The third-order valence-electron chi connectivity index (χ3n) is 3.23. The van der Waals surface area contributed by atoms with Gasteiger partial charge in [-0.05, 0) is 45.0 Å². The third kappa shape index (κ3) is 6.63. The fourth-order valence-corrected chi connectivity index (χ4v) is 3.03. The molecule has 150 valence electrons. The summed E-state index contributed by atoms with van der Waals surface area (Å²) in [6, 6.07) is 11.1. The number of nitrogens with zero attached hydrogens (tertiary/aromatic N) is 1. The van der Waals surface area contributed by atoms with Crippen molar-refractivity contribution in [2.24, 2.45) is 5.10 Å². The van der Waals surface area contributed by atoms with E-state index in [0.717, 1.165) is 0 Å². The lowest BCUT2D eigenvalue weighted by molar-refractivity contribution is -0.140. The molecule has 0 unspecified atom stereocenters. The molecule has 0 radical (unpaired) electrons. The summed E-state index contributed by atoms with van der Waals surface area (Å²) >= 11 is 0. The first-order valence-electron chi connectivity index (χ1n) is 8.36. The molecule has 0 fully saturated rings. The number of sulfonamides is 1. The molecule has 2 amide bonds. The maximum Gasteiger partial charge on any atom is 0.329 e. The average Bonchev–Trinajstić information content (AvgIpc) is 3.07. The summed E-state index contributed by atoms with van der Waals surface area (Å²) in [6.07, 6.45) is 1.21. The third-order valence-corrected chi connectivity index (χ3v) is 4.64. The SMILES string of the molecule is CC(C)(C)NC(=O)C(=O)N/N=C\c1ccc(CNS(=O)(=O)c2ccccc2)o1. The molecule has 1 aromatic carbocycles. The number of amides is 2. The monoisotopic (exact) mass is 406 g/mol. The summed E-state index contributed by atoms with van der Waals surface area (Å²) in [5.74, 6) is -1.07. The number of hydrogen-bond donors (Lipinski definition) is 3. The Balaban J connectivity index is 1.88. The van der Waals surface area contributed by atoms with E-state index < -0.39 is 27.4 Å². The number of benzene rings is 1. The highest BCUT2D eigenvalue weighted by Crippen LogP contribution is 2.10.